The highest BCUT2D eigenvalue weighted by Gasteiger charge is 2.06. The highest BCUT2D eigenvalue weighted by molar-refractivity contribution is 7.90. The third kappa shape index (κ3) is 9.83. The standard InChI is InChI=1S/C9H21NO2S/c1-4-6-10-8-9(2)5-7-13(3,11)12/h9-10H,4-8H2,1-3H3. The Bertz CT molecular complexity index is 212. The molecule has 0 heterocycles. The van der Waals surface area contributed by atoms with Crippen LogP contribution < -0.4 is 5.32 Å². The van der Waals surface area contributed by atoms with Gasteiger partial charge in [0.1, 0.15) is 9.84 Å². The summed E-state index contributed by atoms with van der Waals surface area (Å²) in [5.74, 6) is 0.753. The van der Waals surface area contributed by atoms with Gasteiger partial charge in [-0.2, -0.15) is 0 Å². The fraction of sp³-hybridized carbons (Fsp3) is 1.00. The molecule has 0 saturated heterocycles. The molecular formula is C9H21NO2S. The van der Waals surface area contributed by atoms with Crippen LogP contribution in [-0.2, 0) is 9.84 Å². The average Bonchev–Trinajstić information content (AvgIpc) is 2.00. The summed E-state index contributed by atoms with van der Waals surface area (Å²) in [6, 6.07) is 0. The molecule has 0 bridgehead atoms. The van der Waals surface area contributed by atoms with Gasteiger partial charge in [-0.15, -0.1) is 0 Å². The first kappa shape index (κ1) is 12.9. The molecule has 1 N–H and O–H groups in total. The molecule has 3 nitrogen and oxygen atoms in total. The number of hydrogen-bond donors (Lipinski definition) is 1. The summed E-state index contributed by atoms with van der Waals surface area (Å²) in [6.07, 6.45) is 3.17. The van der Waals surface area contributed by atoms with Crippen molar-refractivity contribution in [1.82, 2.24) is 5.32 Å². The molecule has 0 radical (unpaired) electrons. The third-order valence-electron chi connectivity index (χ3n) is 1.90. The number of hydrogen-bond acceptors (Lipinski definition) is 3. The Balaban J connectivity index is 3.46. The maximum Gasteiger partial charge on any atom is 0.147 e. The van der Waals surface area contributed by atoms with Crippen molar-refractivity contribution in [1.29, 1.82) is 0 Å². The summed E-state index contributed by atoms with van der Waals surface area (Å²) < 4.78 is 21.7. The quantitative estimate of drug-likeness (QED) is 0.635. The molecule has 13 heavy (non-hydrogen) atoms. The van der Waals surface area contributed by atoms with Gasteiger partial charge in [0.15, 0.2) is 0 Å². The van der Waals surface area contributed by atoms with Crippen molar-refractivity contribution in [2.45, 2.75) is 26.7 Å². The lowest BCUT2D eigenvalue weighted by molar-refractivity contribution is 0.496. The first-order chi connectivity index (χ1) is 5.95. The summed E-state index contributed by atoms with van der Waals surface area (Å²) in [7, 11) is -2.78. The zero-order valence-corrected chi connectivity index (χ0v) is 9.65. The summed E-state index contributed by atoms with van der Waals surface area (Å²) in [6.45, 7) is 6.13. The first-order valence-corrected chi connectivity index (χ1v) is 6.90. The van der Waals surface area contributed by atoms with E-state index in [1.54, 1.807) is 0 Å². The van der Waals surface area contributed by atoms with Gasteiger partial charge in [-0.05, 0) is 31.8 Å². The maximum atomic E-state index is 10.8. The van der Waals surface area contributed by atoms with Crippen LogP contribution in [0.1, 0.15) is 26.7 Å². The van der Waals surface area contributed by atoms with E-state index in [1.807, 2.05) is 0 Å². The van der Waals surface area contributed by atoms with Gasteiger partial charge in [0.2, 0.25) is 0 Å². The van der Waals surface area contributed by atoms with Gasteiger partial charge in [0, 0.05) is 6.26 Å². The van der Waals surface area contributed by atoms with Crippen molar-refractivity contribution in [3.8, 4) is 0 Å². The molecule has 0 aliphatic rings. The second-order valence-electron chi connectivity index (χ2n) is 3.73. The van der Waals surface area contributed by atoms with Crippen LogP contribution in [0.3, 0.4) is 0 Å². The van der Waals surface area contributed by atoms with Crippen LogP contribution in [0.4, 0.5) is 0 Å². The lowest BCUT2D eigenvalue weighted by Gasteiger charge is -2.10. The van der Waals surface area contributed by atoms with Crippen molar-refractivity contribution in [3.63, 3.8) is 0 Å². The summed E-state index contributed by atoms with van der Waals surface area (Å²) in [4.78, 5) is 0. The molecule has 0 aromatic heterocycles. The second-order valence-corrected chi connectivity index (χ2v) is 5.99. The summed E-state index contributed by atoms with van der Waals surface area (Å²) in [5, 5.41) is 3.28. The van der Waals surface area contributed by atoms with E-state index >= 15 is 0 Å². The Hall–Kier alpha value is -0.0900. The molecule has 4 heteroatoms. The largest absolute Gasteiger partial charge is 0.316 e. The minimum absolute atomic E-state index is 0.308. The molecule has 0 aliphatic heterocycles. The SMILES string of the molecule is CCCNCC(C)CCS(C)(=O)=O. The fourth-order valence-corrected chi connectivity index (χ4v) is 1.87. The molecule has 1 unspecified atom stereocenters. The second kappa shape index (κ2) is 6.38. The molecular weight excluding hydrogens is 186 g/mol. The van der Waals surface area contributed by atoms with Gasteiger partial charge in [-0.1, -0.05) is 13.8 Å². The molecule has 0 aliphatic carbocycles. The molecule has 1 atom stereocenters. The molecule has 80 valence electrons. The van der Waals surface area contributed by atoms with Gasteiger partial charge in [0.25, 0.3) is 0 Å². The summed E-state index contributed by atoms with van der Waals surface area (Å²) >= 11 is 0. The predicted molar refractivity (Wildman–Crippen MR) is 56.7 cm³/mol. The molecule has 0 amide bonds. The smallest absolute Gasteiger partial charge is 0.147 e. The zero-order valence-electron chi connectivity index (χ0n) is 8.84. The van der Waals surface area contributed by atoms with Crippen molar-refractivity contribution < 1.29 is 8.42 Å². The zero-order chi connectivity index (χ0) is 10.3. The van der Waals surface area contributed by atoms with Gasteiger partial charge in [-0.3, -0.25) is 0 Å². The lowest BCUT2D eigenvalue weighted by Crippen LogP contribution is -2.23. The van der Waals surface area contributed by atoms with E-state index in [-0.39, 0.29) is 0 Å². The molecule has 0 aromatic rings. The highest BCUT2D eigenvalue weighted by atomic mass is 32.2. The highest BCUT2D eigenvalue weighted by Crippen LogP contribution is 2.02. The number of sulfone groups is 1. The molecule has 0 saturated carbocycles. The van der Waals surface area contributed by atoms with E-state index in [0.717, 1.165) is 25.9 Å². The maximum absolute atomic E-state index is 10.8. The van der Waals surface area contributed by atoms with E-state index in [2.05, 4.69) is 19.2 Å². The topological polar surface area (TPSA) is 46.2 Å². The summed E-state index contributed by atoms with van der Waals surface area (Å²) in [5.41, 5.74) is 0. The van der Waals surface area contributed by atoms with Crippen molar-refractivity contribution in [2.24, 2.45) is 5.92 Å². The average molecular weight is 207 g/mol. The van der Waals surface area contributed by atoms with Crippen LogP contribution >= 0.6 is 0 Å². The van der Waals surface area contributed by atoms with Gasteiger partial charge in [0.05, 0.1) is 5.75 Å². The van der Waals surface area contributed by atoms with E-state index in [9.17, 15) is 8.42 Å². The predicted octanol–water partition coefficient (Wildman–Crippen LogP) is 1.06. The minimum atomic E-state index is -2.78. The van der Waals surface area contributed by atoms with Gasteiger partial charge >= 0.3 is 0 Å². The van der Waals surface area contributed by atoms with Crippen LogP contribution in [0.25, 0.3) is 0 Å². The van der Waals surface area contributed by atoms with Crippen LogP contribution in [0.5, 0.6) is 0 Å². The number of nitrogens with one attached hydrogen (secondary N) is 1. The lowest BCUT2D eigenvalue weighted by atomic mass is 10.1. The van der Waals surface area contributed by atoms with Crippen LogP contribution in [0, 0.1) is 5.92 Å². The molecule has 0 rings (SSSR count). The van der Waals surface area contributed by atoms with Gasteiger partial charge < -0.3 is 5.32 Å². The van der Waals surface area contributed by atoms with E-state index in [1.165, 1.54) is 6.26 Å². The Morgan fingerprint density at radius 2 is 2.00 bits per heavy atom. The monoisotopic (exact) mass is 207 g/mol. The first-order valence-electron chi connectivity index (χ1n) is 4.84. The fourth-order valence-electron chi connectivity index (χ4n) is 1.04. The molecule has 0 aromatic carbocycles. The molecule has 0 spiro atoms. The van der Waals surface area contributed by atoms with Crippen LogP contribution in [0.2, 0.25) is 0 Å². The third-order valence-corrected chi connectivity index (χ3v) is 2.88. The van der Waals surface area contributed by atoms with Gasteiger partial charge in [-0.25, -0.2) is 8.42 Å². The van der Waals surface area contributed by atoms with Crippen molar-refractivity contribution in [2.75, 3.05) is 25.1 Å². The van der Waals surface area contributed by atoms with E-state index < -0.39 is 9.84 Å². The van der Waals surface area contributed by atoms with E-state index in [4.69, 9.17) is 0 Å². The van der Waals surface area contributed by atoms with Crippen molar-refractivity contribution in [3.05, 3.63) is 0 Å². The molecule has 0 fully saturated rings. The Morgan fingerprint density at radius 3 is 2.46 bits per heavy atom. The van der Waals surface area contributed by atoms with Crippen LogP contribution in [-0.4, -0.2) is 33.5 Å². The Labute approximate surface area is 81.8 Å². The Morgan fingerprint density at radius 1 is 1.38 bits per heavy atom. The van der Waals surface area contributed by atoms with E-state index in [0.29, 0.717) is 11.7 Å². The number of rotatable bonds is 7. The van der Waals surface area contributed by atoms with Crippen molar-refractivity contribution >= 4 is 9.84 Å². The van der Waals surface area contributed by atoms with Crippen LogP contribution in [0.15, 0.2) is 0 Å². The minimum Gasteiger partial charge on any atom is -0.316 e. The Kier molecular flexibility index (Phi) is 6.33. The normalized spacial score (nSPS) is 14.4.